The third-order valence-corrected chi connectivity index (χ3v) is 2.81. The summed E-state index contributed by atoms with van der Waals surface area (Å²) in [4.78, 5) is 0.677. The number of thioether (sulfide) groups is 1. The van der Waals surface area contributed by atoms with Crippen molar-refractivity contribution in [1.29, 1.82) is 0 Å². The molecule has 1 aromatic rings. The van der Waals surface area contributed by atoms with E-state index in [1.807, 2.05) is 6.26 Å². The van der Waals surface area contributed by atoms with Crippen LogP contribution in [0.15, 0.2) is 17.0 Å². The fourth-order valence-electron chi connectivity index (χ4n) is 1.33. The van der Waals surface area contributed by atoms with E-state index in [2.05, 4.69) is 0 Å². The SMILES string of the molecule is COc1c(SC)cc(F)cc1C(N)CO. The topological polar surface area (TPSA) is 55.5 Å². The Labute approximate surface area is 92.4 Å². The fourth-order valence-corrected chi connectivity index (χ4v) is 1.95. The molecular formula is C10H14FNO2S. The molecule has 0 fully saturated rings. The Balaban J connectivity index is 3.28. The lowest BCUT2D eigenvalue weighted by molar-refractivity contribution is 0.263. The van der Waals surface area contributed by atoms with Gasteiger partial charge in [-0.1, -0.05) is 0 Å². The molecule has 1 aromatic carbocycles. The number of methoxy groups -OCH3 is 1. The highest BCUT2D eigenvalue weighted by Gasteiger charge is 2.16. The first-order valence-electron chi connectivity index (χ1n) is 4.41. The Morgan fingerprint density at radius 2 is 2.27 bits per heavy atom. The second-order valence-electron chi connectivity index (χ2n) is 3.02. The van der Waals surface area contributed by atoms with Crippen LogP contribution in [0.25, 0.3) is 0 Å². The van der Waals surface area contributed by atoms with E-state index in [-0.39, 0.29) is 12.4 Å². The van der Waals surface area contributed by atoms with Gasteiger partial charge in [-0.15, -0.1) is 11.8 Å². The zero-order valence-electron chi connectivity index (χ0n) is 8.66. The summed E-state index contributed by atoms with van der Waals surface area (Å²) in [7, 11) is 1.50. The molecule has 0 aliphatic carbocycles. The number of ether oxygens (including phenoxy) is 1. The molecule has 84 valence electrons. The Hall–Kier alpha value is -0.780. The molecule has 5 heteroatoms. The second-order valence-corrected chi connectivity index (χ2v) is 3.87. The van der Waals surface area contributed by atoms with Gasteiger partial charge in [0.2, 0.25) is 0 Å². The average molecular weight is 231 g/mol. The normalized spacial score (nSPS) is 12.6. The number of hydrogen-bond acceptors (Lipinski definition) is 4. The Morgan fingerprint density at radius 3 is 2.73 bits per heavy atom. The molecule has 0 bridgehead atoms. The van der Waals surface area contributed by atoms with Crippen LogP contribution in [0.4, 0.5) is 4.39 Å². The van der Waals surface area contributed by atoms with Crippen molar-refractivity contribution in [3.8, 4) is 5.75 Å². The highest BCUT2D eigenvalue weighted by molar-refractivity contribution is 7.98. The molecule has 1 rings (SSSR count). The maximum atomic E-state index is 13.2. The van der Waals surface area contributed by atoms with E-state index in [0.717, 1.165) is 0 Å². The summed E-state index contributed by atoms with van der Waals surface area (Å²) in [6, 6.07) is 2.05. The van der Waals surface area contributed by atoms with Gasteiger partial charge < -0.3 is 15.6 Å². The van der Waals surface area contributed by atoms with Gasteiger partial charge in [-0.25, -0.2) is 4.39 Å². The van der Waals surface area contributed by atoms with E-state index < -0.39 is 6.04 Å². The molecule has 0 saturated carbocycles. The second kappa shape index (κ2) is 5.34. The van der Waals surface area contributed by atoms with Crippen LogP contribution in [-0.4, -0.2) is 25.1 Å². The molecule has 0 amide bonds. The molecule has 0 aliphatic rings. The van der Waals surface area contributed by atoms with Gasteiger partial charge >= 0.3 is 0 Å². The van der Waals surface area contributed by atoms with Crippen molar-refractivity contribution >= 4 is 11.8 Å². The van der Waals surface area contributed by atoms with Crippen LogP contribution in [0.1, 0.15) is 11.6 Å². The highest BCUT2D eigenvalue weighted by Crippen LogP contribution is 2.34. The Kier molecular flexibility index (Phi) is 4.38. The van der Waals surface area contributed by atoms with Gasteiger partial charge in [-0.05, 0) is 18.4 Å². The summed E-state index contributed by atoms with van der Waals surface area (Å²) < 4.78 is 18.4. The predicted molar refractivity (Wildman–Crippen MR) is 58.7 cm³/mol. The van der Waals surface area contributed by atoms with Crippen molar-refractivity contribution in [2.45, 2.75) is 10.9 Å². The minimum atomic E-state index is -0.624. The molecule has 1 unspecified atom stereocenters. The molecule has 0 aliphatic heterocycles. The number of nitrogens with two attached hydrogens (primary N) is 1. The van der Waals surface area contributed by atoms with E-state index >= 15 is 0 Å². The first kappa shape index (κ1) is 12.3. The quantitative estimate of drug-likeness (QED) is 0.772. The number of benzene rings is 1. The predicted octanol–water partition coefficient (Wildman–Crippen LogP) is 1.55. The molecule has 0 spiro atoms. The minimum Gasteiger partial charge on any atom is -0.495 e. The first-order chi connectivity index (χ1) is 7.13. The fraction of sp³-hybridized carbons (Fsp3) is 0.400. The molecule has 1 atom stereocenters. The van der Waals surface area contributed by atoms with Gasteiger partial charge in [0.15, 0.2) is 0 Å². The first-order valence-corrected chi connectivity index (χ1v) is 5.64. The van der Waals surface area contributed by atoms with E-state index in [0.29, 0.717) is 16.2 Å². The van der Waals surface area contributed by atoms with Crippen LogP contribution in [-0.2, 0) is 0 Å². The molecule has 0 heterocycles. The zero-order valence-corrected chi connectivity index (χ0v) is 9.47. The van der Waals surface area contributed by atoms with E-state index in [1.165, 1.54) is 31.0 Å². The van der Waals surface area contributed by atoms with Gasteiger partial charge in [0.05, 0.1) is 24.7 Å². The molecular weight excluding hydrogens is 217 g/mol. The van der Waals surface area contributed by atoms with Crippen molar-refractivity contribution in [1.82, 2.24) is 0 Å². The smallest absolute Gasteiger partial charge is 0.137 e. The van der Waals surface area contributed by atoms with Crippen LogP contribution >= 0.6 is 11.8 Å². The van der Waals surface area contributed by atoms with Crippen molar-refractivity contribution < 1.29 is 14.2 Å². The molecule has 0 saturated heterocycles. The van der Waals surface area contributed by atoms with Crippen LogP contribution in [0.5, 0.6) is 5.75 Å². The number of hydrogen-bond donors (Lipinski definition) is 2. The molecule has 0 aromatic heterocycles. The standard InChI is InChI=1S/C10H14FNO2S/c1-14-10-7(8(12)5-13)3-6(11)4-9(10)15-2/h3-4,8,13H,5,12H2,1-2H3. The van der Waals surface area contributed by atoms with E-state index in [4.69, 9.17) is 15.6 Å². The number of aliphatic hydroxyl groups is 1. The Bertz CT molecular complexity index is 346. The molecule has 3 nitrogen and oxygen atoms in total. The third-order valence-electron chi connectivity index (χ3n) is 2.07. The van der Waals surface area contributed by atoms with Gasteiger partial charge in [0.25, 0.3) is 0 Å². The number of rotatable bonds is 4. The maximum Gasteiger partial charge on any atom is 0.137 e. The van der Waals surface area contributed by atoms with Crippen molar-refractivity contribution in [3.05, 3.63) is 23.5 Å². The summed E-state index contributed by atoms with van der Waals surface area (Å²) in [5.74, 6) is 0.157. The largest absolute Gasteiger partial charge is 0.495 e. The molecule has 15 heavy (non-hydrogen) atoms. The van der Waals surface area contributed by atoms with Gasteiger partial charge in [0.1, 0.15) is 11.6 Å². The number of aliphatic hydroxyl groups excluding tert-OH is 1. The lowest BCUT2D eigenvalue weighted by Crippen LogP contribution is -2.16. The minimum absolute atomic E-state index is 0.242. The van der Waals surface area contributed by atoms with Crippen molar-refractivity contribution in [3.63, 3.8) is 0 Å². The lowest BCUT2D eigenvalue weighted by Gasteiger charge is -2.16. The summed E-state index contributed by atoms with van der Waals surface area (Å²) in [5.41, 5.74) is 6.15. The van der Waals surface area contributed by atoms with Gasteiger partial charge in [-0.2, -0.15) is 0 Å². The monoisotopic (exact) mass is 231 g/mol. The van der Waals surface area contributed by atoms with Crippen molar-refractivity contribution in [2.24, 2.45) is 5.73 Å². The maximum absolute atomic E-state index is 13.2. The molecule has 0 radical (unpaired) electrons. The zero-order chi connectivity index (χ0) is 11.4. The average Bonchev–Trinajstić information content (AvgIpc) is 2.26. The van der Waals surface area contributed by atoms with Gasteiger partial charge in [0, 0.05) is 5.56 Å². The van der Waals surface area contributed by atoms with E-state index in [9.17, 15) is 4.39 Å². The van der Waals surface area contributed by atoms with Crippen LogP contribution < -0.4 is 10.5 Å². The summed E-state index contributed by atoms with van der Waals surface area (Å²) in [5, 5.41) is 8.95. The Morgan fingerprint density at radius 1 is 1.60 bits per heavy atom. The summed E-state index contributed by atoms with van der Waals surface area (Å²) in [6.07, 6.45) is 1.82. The van der Waals surface area contributed by atoms with Crippen LogP contribution in [0.2, 0.25) is 0 Å². The van der Waals surface area contributed by atoms with Crippen LogP contribution in [0.3, 0.4) is 0 Å². The van der Waals surface area contributed by atoms with Crippen molar-refractivity contribution in [2.75, 3.05) is 20.0 Å². The lowest BCUT2D eigenvalue weighted by atomic mass is 10.1. The summed E-state index contributed by atoms with van der Waals surface area (Å²) in [6.45, 7) is -0.242. The molecule has 3 N–H and O–H groups in total. The van der Waals surface area contributed by atoms with Gasteiger partial charge in [-0.3, -0.25) is 0 Å². The highest BCUT2D eigenvalue weighted by atomic mass is 32.2. The van der Waals surface area contributed by atoms with E-state index in [1.54, 1.807) is 0 Å². The summed E-state index contributed by atoms with van der Waals surface area (Å²) >= 11 is 1.37. The van der Waals surface area contributed by atoms with Crippen LogP contribution in [0, 0.1) is 5.82 Å². The number of halogens is 1. The third kappa shape index (κ3) is 2.62.